The number of ether oxygens (including phenoxy) is 2. The second-order valence-electron chi connectivity index (χ2n) is 9.45. The van der Waals surface area contributed by atoms with Crippen molar-refractivity contribution in [3.8, 4) is 0 Å². The summed E-state index contributed by atoms with van der Waals surface area (Å²) in [6.07, 6.45) is -1.64. The summed E-state index contributed by atoms with van der Waals surface area (Å²) < 4.78 is 39.5. The van der Waals surface area contributed by atoms with Gasteiger partial charge in [-0.3, -0.25) is 4.79 Å². The van der Waals surface area contributed by atoms with E-state index in [2.05, 4.69) is 5.32 Å². The first-order valence-electron chi connectivity index (χ1n) is 11.7. The molecule has 0 bridgehead atoms. The average Bonchev–Trinajstić information content (AvgIpc) is 3.64. The van der Waals surface area contributed by atoms with Gasteiger partial charge in [-0.25, -0.2) is 8.78 Å². The molecule has 0 saturated heterocycles. The van der Waals surface area contributed by atoms with E-state index in [1.54, 1.807) is 0 Å². The Morgan fingerprint density at radius 1 is 1.12 bits per heavy atom. The zero-order valence-corrected chi connectivity index (χ0v) is 19.2. The number of amides is 1. The summed E-state index contributed by atoms with van der Waals surface area (Å²) in [5.74, 6) is -1.96. The maximum Gasteiger partial charge on any atom is 0.252 e. The third-order valence-corrected chi connectivity index (χ3v) is 6.59. The molecule has 0 aliphatic heterocycles. The molecule has 2 aliphatic carbocycles. The lowest BCUT2D eigenvalue weighted by Gasteiger charge is -2.44. The van der Waals surface area contributed by atoms with Crippen LogP contribution in [0.5, 0.6) is 0 Å². The maximum atomic E-state index is 14.1. The first-order chi connectivity index (χ1) is 16.3. The van der Waals surface area contributed by atoms with Crippen molar-refractivity contribution in [2.24, 2.45) is 5.92 Å². The highest BCUT2D eigenvalue weighted by molar-refractivity contribution is 5.85. The lowest BCUT2D eigenvalue weighted by Crippen LogP contribution is -2.60. The van der Waals surface area contributed by atoms with E-state index in [9.17, 15) is 23.8 Å². The second kappa shape index (κ2) is 10.5. The van der Waals surface area contributed by atoms with Crippen LogP contribution in [0.4, 0.5) is 8.78 Å². The van der Waals surface area contributed by atoms with Crippen LogP contribution < -0.4 is 5.32 Å². The summed E-state index contributed by atoms with van der Waals surface area (Å²) in [7, 11) is 0. The Kier molecular flexibility index (Phi) is 7.62. The molecule has 2 aromatic carbocycles. The van der Waals surface area contributed by atoms with E-state index in [4.69, 9.17) is 9.47 Å². The summed E-state index contributed by atoms with van der Waals surface area (Å²) in [6.45, 7) is 2.28. The largest absolute Gasteiger partial charge is 0.390 e. The molecule has 0 radical (unpaired) electrons. The van der Waals surface area contributed by atoms with Crippen LogP contribution in [-0.4, -0.2) is 46.6 Å². The third kappa shape index (κ3) is 5.81. The molecule has 6 nitrogen and oxygen atoms in total. The maximum absolute atomic E-state index is 14.1. The molecule has 184 valence electrons. The van der Waals surface area contributed by atoms with Gasteiger partial charge in [0.1, 0.15) is 6.10 Å². The van der Waals surface area contributed by atoms with Gasteiger partial charge in [0, 0.05) is 24.9 Å². The minimum absolute atomic E-state index is 0.0169. The second-order valence-corrected chi connectivity index (χ2v) is 9.45. The number of aliphatic hydroxyl groups is 2. The summed E-state index contributed by atoms with van der Waals surface area (Å²) >= 11 is 0. The Balaban J connectivity index is 1.52. The SMILES string of the molecule is Cc1cccc(CO[C@@]2(C(=O)NCC3CC3)C[C@@H](O)[C@@H](O)[C@@H](OCc3cccc(F)c3F)C2)c1. The number of carbonyl (C=O) groups is 1. The minimum atomic E-state index is -1.44. The van der Waals surface area contributed by atoms with E-state index in [1.165, 1.54) is 12.1 Å². The molecule has 0 unspecified atom stereocenters. The number of rotatable bonds is 9. The van der Waals surface area contributed by atoms with Crippen molar-refractivity contribution < 1.29 is 33.3 Å². The van der Waals surface area contributed by atoms with Crippen molar-refractivity contribution in [2.45, 2.75) is 69.7 Å². The van der Waals surface area contributed by atoms with Crippen molar-refractivity contribution in [2.75, 3.05) is 6.54 Å². The van der Waals surface area contributed by atoms with Crippen LogP contribution in [-0.2, 0) is 27.5 Å². The number of benzene rings is 2. The highest BCUT2D eigenvalue weighted by atomic mass is 19.2. The number of carbonyl (C=O) groups excluding carboxylic acids is 1. The molecule has 8 heteroatoms. The summed E-state index contributed by atoms with van der Waals surface area (Å²) in [6, 6.07) is 11.4. The summed E-state index contributed by atoms with van der Waals surface area (Å²) in [4.78, 5) is 13.3. The van der Waals surface area contributed by atoms with E-state index in [0.29, 0.717) is 12.5 Å². The molecule has 0 heterocycles. The molecule has 2 fully saturated rings. The van der Waals surface area contributed by atoms with E-state index in [1.807, 2.05) is 31.2 Å². The lowest BCUT2D eigenvalue weighted by molar-refractivity contribution is -0.200. The predicted octanol–water partition coefficient (Wildman–Crippen LogP) is 3.16. The van der Waals surface area contributed by atoms with Crippen LogP contribution in [0.25, 0.3) is 0 Å². The fourth-order valence-corrected chi connectivity index (χ4v) is 4.36. The van der Waals surface area contributed by atoms with Crippen LogP contribution in [0, 0.1) is 24.5 Å². The van der Waals surface area contributed by atoms with Crippen LogP contribution in [0.1, 0.15) is 42.4 Å². The standard InChI is InChI=1S/C26H31F2NO5/c1-16-4-2-5-18(10-16)14-34-26(25(32)29-13-17-8-9-17)11-21(30)24(31)22(12-26)33-15-19-6-3-7-20(27)23(19)28/h2-7,10,17,21-22,24,30-31H,8-9,11-15H2,1H3,(H,29,32)/t21-,22+,24-,26+/m1/s1. The first-order valence-corrected chi connectivity index (χ1v) is 11.7. The number of halogens is 2. The van der Waals surface area contributed by atoms with Crippen LogP contribution >= 0.6 is 0 Å². The van der Waals surface area contributed by atoms with Crippen LogP contribution in [0.2, 0.25) is 0 Å². The van der Waals surface area contributed by atoms with E-state index < -0.39 is 35.5 Å². The van der Waals surface area contributed by atoms with Gasteiger partial charge in [0.05, 0.1) is 25.4 Å². The molecule has 0 spiro atoms. The van der Waals surface area contributed by atoms with Gasteiger partial charge in [-0.05, 0) is 37.3 Å². The van der Waals surface area contributed by atoms with Gasteiger partial charge in [-0.1, -0.05) is 42.0 Å². The van der Waals surface area contributed by atoms with Crippen molar-refractivity contribution >= 4 is 5.91 Å². The molecule has 2 aliphatic rings. The lowest BCUT2D eigenvalue weighted by atomic mass is 9.78. The minimum Gasteiger partial charge on any atom is -0.390 e. The molecule has 4 rings (SSSR count). The van der Waals surface area contributed by atoms with Gasteiger partial charge in [-0.2, -0.15) is 0 Å². The molecule has 2 saturated carbocycles. The molecule has 0 aromatic heterocycles. The number of aryl methyl sites for hydroxylation is 1. The van der Waals surface area contributed by atoms with Crippen molar-refractivity contribution in [3.05, 3.63) is 70.8 Å². The molecular weight excluding hydrogens is 444 g/mol. The zero-order chi connectivity index (χ0) is 24.3. The van der Waals surface area contributed by atoms with Crippen LogP contribution in [0.15, 0.2) is 42.5 Å². The molecular formula is C26H31F2NO5. The van der Waals surface area contributed by atoms with Gasteiger partial charge in [0.15, 0.2) is 17.2 Å². The van der Waals surface area contributed by atoms with Crippen molar-refractivity contribution in [1.29, 1.82) is 0 Å². The quantitative estimate of drug-likeness (QED) is 0.519. The Morgan fingerprint density at radius 3 is 2.62 bits per heavy atom. The molecule has 4 atom stereocenters. The predicted molar refractivity (Wildman–Crippen MR) is 121 cm³/mol. The number of hydrogen-bond acceptors (Lipinski definition) is 5. The highest BCUT2D eigenvalue weighted by Crippen LogP contribution is 2.36. The Hall–Kier alpha value is -2.39. The zero-order valence-electron chi connectivity index (χ0n) is 19.2. The number of hydrogen-bond donors (Lipinski definition) is 3. The van der Waals surface area contributed by atoms with Gasteiger partial charge in [0.25, 0.3) is 5.91 Å². The monoisotopic (exact) mass is 475 g/mol. The fourth-order valence-electron chi connectivity index (χ4n) is 4.36. The Bertz CT molecular complexity index is 1010. The average molecular weight is 476 g/mol. The Labute approximate surface area is 197 Å². The summed E-state index contributed by atoms with van der Waals surface area (Å²) in [5.41, 5.74) is 0.458. The van der Waals surface area contributed by atoms with E-state index in [-0.39, 0.29) is 37.5 Å². The third-order valence-electron chi connectivity index (χ3n) is 6.59. The van der Waals surface area contributed by atoms with E-state index in [0.717, 1.165) is 30.0 Å². The van der Waals surface area contributed by atoms with Gasteiger partial charge in [-0.15, -0.1) is 0 Å². The first kappa shape index (κ1) is 24.7. The normalized spacial score (nSPS) is 26.9. The highest BCUT2D eigenvalue weighted by Gasteiger charge is 2.51. The molecule has 34 heavy (non-hydrogen) atoms. The number of aliphatic hydroxyl groups excluding tert-OH is 2. The van der Waals surface area contributed by atoms with E-state index >= 15 is 0 Å². The topological polar surface area (TPSA) is 88.0 Å². The molecule has 1 amide bonds. The van der Waals surface area contributed by atoms with Crippen molar-refractivity contribution in [3.63, 3.8) is 0 Å². The summed E-state index contributed by atoms with van der Waals surface area (Å²) in [5, 5.41) is 24.1. The Morgan fingerprint density at radius 2 is 1.88 bits per heavy atom. The van der Waals surface area contributed by atoms with Crippen LogP contribution in [0.3, 0.4) is 0 Å². The fraction of sp³-hybridized carbons (Fsp3) is 0.500. The smallest absolute Gasteiger partial charge is 0.252 e. The number of nitrogens with one attached hydrogen (secondary N) is 1. The molecule has 3 N–H and O–H groups in total. The van der Waals surface area contributed by atoms with Gasteiger partial charge >= 0.3 is 0 Å². The molecule has 2 aromatic rings. The van der Waals surface area contributed by atoms with Gasteiger partial charge in [0.2, 0.25) is 0 Å². The van der Waals surface area contributed by atoms with Crippen molar-refractivity contribution in [1.82, 2.24) is 5.32 Å². The van der Waals surface area contributed by atoms with Gasteiger partial charge < -0.3 is 25.0 Å².